The highest BCUT2D eigenvalue weighted by molar-refractivity contribution is 5.50. The average molecular weight is 293 g/mol. The van der Waals surface area contributed by atoms with Gasteiger partial charge in [0.05, 0.1) is 11.6 Å². The van der Waals surface area contributed by atoms with E-state index in [0.29, 0.717) is 11.6 Å². The molecule has 0 bridgehead atoms. The van der Waals surface area contributed by atoms with Crippen molar-refractivity contribution in [1.29, 1.82) is 5.26 Å². The smallest absolute Gasteiger partial charge is 0.129 e. The third-order valence-electron chi connectivity index (χ3n) is 3.94. The molecule has 1 aromatic carbocycles. The maximum absolute atomic E-state index is 8.88. The second-order valence-corrected chi connectivity index (χ2v) is 5.63. The van der Waals surface area contributed by atoms with E-state index < -0.39 is 0 Å². The third kappa shape index (κ3) is 3.34. The molecule has 1 aliphatic heterocycles. The lowest BCUT2D eigenvalue weighted by Crippen LogP contribution is -2.42. The summed E-state index contributed by atoms with van der Waals surface area (Å²) in [6, 6.07) is 12.3. The van der Waals surface area contributed by atoms with Gasteiger partial charge in [-0.25, -0.2) is 9.97 Å². The van der Waals surface area contributed by atoms with Crippen molar-refractivity contribution in [1.82, 2.24) is 9.97 Å². The van der Waals surface area contributed by atoms with Gasteiger partial charge >= 0.3 is 0 Å². The predicted octanol–water partition coefficient (Wildman–Crippen LogP) is 2.74. The van der Waals surface area contributed by atoms with Gasteiger partial charge in [-0.1, -0.05) is 0 Å². The van der Waals surface area contributed by atoms with Crippen LogP contribution in [-0.2, 0) is 0 Å². The van der Waals surface area contributed by atoms with Gasteiger partial charge in [0, 0.05) is 36.6 Å². The average Bonchev–Trinajstić information content (AvgIpc) is 2.55. The topological polar surface area (TPSA) is 64.8 Å². The van der Waals surface area contributed by atoms with Crippen molar-refractivity contribution in [2.45, 2.75) is 25.8 Å². The molecule has 1 aromatic heterocycles. The predicted molar refractivity (Wildman–Crippen MR) is 86.8 cm³/mol. The fraction of sp³-hybridized carbons (Fsp3) is 0.353. The van der Waals surface area contributed by atoms with E-state index in [9.17, 15) is 0 Å². The summed E-state index contributed by atoms with van der Waals surface area (Å²) in [7, 11) is 0. The van der Waals surface area contributed by atoms with Gasteiger partial charge in [-0.2, -0.15) is 5.26 Å². The van der Waals surface area contributed by atoms with Gasteiger partial charge in [-0.05, 0) is 44.0 Å². The fourth-order valence-corrected chi connectivity index (χ4v) is 2.82. The Bertz CT molecular complexity index is 674. The summed E-state index contributed by atoms with van der Waals surface area (Å²) in [5.41, 5.74) is 2.84. The zero-order chi connectivity index (χ0) is 15.4. The highest BCUT2D eigenvalue weighted by Gasteiger charge is 2.20. The molecule has 1 unspecified atom stereocenters. The molecule has 1 fully saturated rings. The van der Waals surface area contributed by atoms with Crippen LogP contribution in [0.25, 0.3) is 0 Å². The molecule has 1 atom stereocenters. The number of aromatic nitrogens is 2. The first-order valence-corrected chi connectivity index (χ1v) is 7.55. The lowest BCUT2D eigenvalue weighted by molar-refractivity contribution is 0.529. The Morgan fingerprint density at radius 2 is 2.09 bits per heavy atom. The Morgan fingerprint density at radius 1 is 1.27 bits per heavy atom. The maximum Gasteiger partial charge on any atom is 0.129 e. The Labute approximate surface area is 130 Å². The fourth-order valence-electron chi connectivity index (χ4n) is 2.82. The van der Waals surface area contributed by atoms with Crippen molar-refractivity contribution in [2.24, 2.45) is 0 Å². The maximum atomic E-state index is 8.88. The van der Waals surface area contributed by atoms with E-state index in [1.807, 2.05) is 37.3 Å². The Kier molecular flexibility index (Phi) is 4.19. The summed E-state index contributed by atoms with van der Waals surface area (Å²) in [5, 5.41) is 12.4. The van der Waals surface area contributed by atoms with Crippen molar-refractivity contribution < 1.29 is 0 Å². The molecular weight excluding hydrogens is 274 g/mol. The summed E-state index contributed by atoms with van der Waals surface area (Å²) < 4.78 is 0. The van der Waals surface area contributed by atoms with Gasteiger partial charge in [0.15, 0.2) is 0 Å². The summed E-state index contributed by atoms with van der Waals surface area (Å²) >= 11 is 0. The molecule has 3 rings (SSSR count). The van der Waals surface area contributed by atoms with Crippen LogP contribution in [0.4, 0.5) is 11.5 Å². The first kappa shape index (κ1) is 14.3. The van der Waals surface area contributed by atoms with Crippen molar-refractivity contribution in [3.8, 4) is 6.07 Å². The third-order valence-corrected chi connectivity index (χ3v) is 3.94. The number of benzene rings is 1. The van der Waals surface area contributed by atoms with Crippen molar-refractivity contribution in [2.75, 3.05) is 23.3 Å². The molecule has 1 N–H and O–H groups in total. The first-order valence-electron chi connectivity index (χ1n) is 7.55. The zero-order valence-corrected chi connectivity index (χ0v) is 12.7. The van der Waals surface area contributed by atoms with Crippen LogP contribution in [0.1, 0.15) is 24.1 Å². The lowest BCUT2D eigenvalue weighted by atomic mass is 10.0. The summed E-state index contributed by atoms with van der Waals surface area (Å²) in [6.07, 6.45) is 3.87. The standard InChI is InChI=1S/C17H19N5/c1-13-9-17(20-12-19-13)21-15-3-2-8-22(11-15)16-6-4-14(10-18)5-7-16/h4-7,9,12,15H,2-3,8,11H2,1H3,(H,19,20,21). The molecular formula is C17H19N5. The van der Waals surface area contributed by atoms with Gasteiger partial charge in [-0.15, -0.1) is 0 Å². The number of nitrogens with zero attached hydrogens (tertiary/aromatic N) is 4. The van der Waals surface area contributed by atoms with Gasteiger partial charge in [0.25, 0.3) is 0 Å². The summed E-state index contributed by atoms with van der Waals surface area (Å²) in [6.45, 7) is 3.96. The van der Waals surface area contributed by atoms with E-state index in [4.69, 9.17) is 5.26 Å². The zero-order valence-electron chi connectivity index (χ0n) is 12.7. The normalized spacial score (nSPS) is 17.8. The minimum absolute atomic E-state index is 0.374. The van der Waals surface area contributed by atoms with E-state index >= 15 is 0 Å². The second-order valence-electron chi connectivity index (χ2n) is 5.63. The number of nitrogens with one attached hydrogen (secondary N) is 1. The second kappa shape index (κ2) is 6.44. The number of aryl methyl sites for hydroxylation is 1. The van der Waals surface area contributed by atoms with Crippen LogP contribution in [0.5, 0.6) is 0 Å². The Morgan fingerprint density at radius 3 is 2.82 bits per heavy atom. The number of anilines is 2. The number of nitriles is 1. The Hall–Kier alpha value is -2.61. The Balaban J connectivity index is 1.67. The number of piperidine rings is 1. The summed E-state index contributed by atoms with van der Waals surface area (Å²) in [4.78, 5) is 10.8. The van der Waals surface area contributed by atoms with E-state index in [0.717, 1.165) is 37.4 Å². The minimum Gasteiger partial charge on any atom is -0.369 e. The highest BCUT2D eigenvalue weighted by atomic mass is 15.2. The quantitative estimate of drug-likeness (QED) is 0.942. The van der Waals surface area contributed by atoms with Crippen LogP contribution >= 0.6 is 0 Å². The molecule has 0 radical (unpaired) electrons. The lowest BCUT2D eigenvalue weighted by Gasteiger charge is -2.35. The van der Waals surface area contributed by atoms with Crippen LogP contribution in [0.2, 0.25) is 0 Å². The molecule has 22 heavy (non-hydrogen) atoms. The minimum atomic E-state index is 0.374. The monoisotopic (exact) mass is 293 g/mol. The molecule has 1 saturated heterocycles. The molecule has 5 heteroatoms. The molecule has 0 aliphatic carbocycles. The number of hydrogen-bond acceptors (Lipinski definition) is 5. The molecule has 0 amide bonds. The van der Waals surface area contributed by atoms with Crippen molar-refractivity contribution >= 4 is 11.5 Å². The molecule has 112 valence electrons. The largest absolute Gasteiger partial charge is 0.369 e. The van der Waals surface area contributed by atoms with E-state index in [1.54, 1.807) is 6.33 Å². The van der Waals surface area contributed by atoms with Gasteiger partial charge in [-0.3, -0.25) is 0 Å². The van der Waals surface area contributed by atoms with Crippen molar-refractivity contribution in [3.63, 3.8) is 0 Å². The molecule has 2 heterocycles. The molecule has 1 aliphatic rings. The highest BCUT2D eigenvalue weighted by Crippen LogP contribution is 2.22. The van der Waals surface area contributed by atoms with Crippen LogP contribution in [0, 0.1) is 18.3 Å². The van der Waals surface area contributed by atoms with Crippen LogP contribution in [0.15, 0.2) is 36.7 Å². The summed E-state index contributed by atoms with van der Waals surface area (Å²) in [5.74, 6) is 0.888. The molecule has 0 saturated carbocycles. The van der Waals surface area contributed by atoms with Crippen LogP contribution in [0.3, 0.4) is 0 Å². The SMILES string of the molecule is Cc1cc(NC2CCCN(c3ccc(C#N)cc3)C2)ncn1. The van der Waals surface area contributed by atoms with E-state index in [-0.39, 0.29) is 0 Å². The van der Waals surface area contributed by atoms with Crippen LogP contribution in [-0.4, -0.2) is 29.1 Å². The molecule has 2 aromatic rings. The van der Waals surface area contributed by atoms with Gasteiger partial charge < -0.3 is 10.2 Å². The van der Waals surface area contributed by atoms with Gasteiger partial charge in [0.1, 0.15) is 12.1 Å². The molecule has 5 nitrogen and oxygen atoms in total. The van der Waals surface area contributed by atoms with E-state index in [1.165, 1.54) is 5.69 Å². The number of rotatable bonds is 3. The van der Waals surface area contributed by atoms with Crippen LogP contribution < -0.4 is 10.2 Å². The first-order chi connectivity index (χ1) is 10.7. The number of hydrogen-bond donors (Lipinski definition) is 1. The van der Waals surface area contributed by atoms with Crippen molar-refractivity contribution in [3.05, 3.63) is 47.9 Å². The molecule has 0 spiro atoms. The van der Waals surface area contributed by atoms with Gasteiger partial charge in [0.2, 0.25) is 0 Å². The van der Waals surface area contributed by atoms with E-state index in [2.05, 4.69) is 26.3 Å².